The van der Waals surface area contributed by atoms with Gasteiger partial charge in [0.15, 0.2) is 0 Å². The van der Waals surface area contributed by atoms with Gasteiger partial charge in [0.05, 0.1) is 9.13 Å². The Morgan fingerprint density at radius 1 is 1.67 bits per heavy atom. The average Bonchev–Trinajstić information content (AvgIpc) is 2.15. The van der Waals surface area contributed by atoms with Crippen molar-refractivity contribution in [1.29, 1.82) is 0 Å². The van der Waals surface area contributed by atoms with Gasteiger partial charge in [0.25, 0.3) is 6.43 Å². The van der Waals surface area contributed by atoms with Gasteiger partial charge in [0.2, 0.25) is 0 Å². The van der Waals surface area contributed by atoms with Crippen LogP contribution < -0.4 is 0 Å². The van der Waals surface area contributed by atoms with E-state index in [0.29, 0.717) is 0 Å². The van der Waals surface area contributed by atoms with Gasteiger partial charge < -0.3 is 5.11 Å². The van der Waals surface area contributed by atoms with Crippen molar-refractivity contribution in [2.24, 2.45) is 0 Å². The lowest BCUT2D eigenvalue weighted by atomic mass is 10.1. The molecule has 0 saturated carbocycles. The molecule has 1 rings (SSSR count). The first-order valence-corrected chi connectivity index (χ1v) is 5.35. The van der Waals surface area contributed by atoms with E-state index in [4.69, 9.17) is 16.7 Å². The Labute approximate surface area is 103 Å². The van der Waals surface area contributed by atoms with Gasteiger partial charge >= 0.3 is 5.97 Å². The lowest BCUT2D eigenvalue weighted by Crippen LogP contribution is -2.09. The molecule has 82 valence electrons. The third-order valence-corrected chi connectivity index (χ3v) is 3.07. The van der Waals surface area contributed by atoms with Crippen LogP contribution in [0.2, 0.25) is 0 Å². The van der Waals surface area contributed by atoms with E-state index >= 15 is 0 Å². The first-order valence-electron chi connectivity index (χ1n) is 3.73. The number of carbonyl (C=O) groups is 1. The Kier molecular flexibility index (Phi) is 4.21. The molecule has 0 aliphatic rings. The van der Waals surface area contributed by atoms with Crippen LogP contribution in [0.3, 0.4) is 0 Å². The molecule has 0 aliphatic carbocycles. The predicted octanol–water partition coefficient (Wildman–Crippen LogP) is 3.06. The highest BCUT2D eigenvalue weighted by atomic mass is 127. The summed E-state index contributed by atoms with van der Waals surface area (Å²) in [4.78, 5) is 14.3. The zero-order valence-electron chi connectivity index (χ0n) is 7.18. The quantitative estimate of drug-likeness (QED) is 0.675. The van der Waals surface area contributed by atoms with Crippen molar-refractivity contribution in [3.05, 3.63) is 26.6 Å². The van der Waals surface area contributed by atoms with Gasteiger partial charge in [-0.2, -0.15) is 0 Å². The number of hydrogen-bond acceptors (Lipinski definition) is 2. The largest absolute Gasteiger partial charge is 0.478 e. The number of carboxylic acid groups (broad SMARTS) is 1. The smallest absolute Gasteiger partial charge is 0.337 e. The molecule has 0 fully saturated rings. The van der Waals surface area contributed by atoms with Crippen LogP contribution in [0.25, 0.3) is 0 Å². The number of aromatic carboxylic acids is 1. The summed E-state index contributed by atoms with van der Waals surface area (Å²) in [6, 6.07) is 0. The number of hydrogen-bond donors (Lipinski definition) is 1. The van der Waals surface area contributed by atoms with Crippen LogP contribution in [0.15, 0.2) is 6.20 Å². The summed E-state index contributed by atoms with van der Waals surface area (Å²) < 4.78 is 24.8. The van der Waals surface area contributed by atoms with Gasteiger partial charge in [-0.05, 0) is 22.6 Å². The van der Waals surface area contributed by atoms with Gasteiger partial charge in [-0.3, -0.25) is 4.98 Å². The fraction of sp³-hybridized carbons (Fsp3) is 0.250. The van der Waals surface area contributed by atoms with Crippen molar-refractivity contribution in [2.75, 3.05) is 0 Å². The third-order valence-electron chi connectivity index (χ3n) is 1.69. The zero-order chi connectivity index (χ0) is 11.6. The maximum Gasteiger partial charge on any atom is 0.337 e. The second-order valence-electron chi connectivity index (χ2n) is 2.60. The van der Waals surface area contributed by atoms with Crippen LogP contribution in [0.4, 0.5) is 8.78 Å². The van der Waals surface area contributed by atoms with Crippen LogP contribution in [-0.4, -0.2) is 16.1 Å². The lowest BCUT2D eigenvalue weighted by molar-refractivity contribution is 0.0693. The van der Waals surface area contributed by atoms with Crippen LogP contribution in [0, 0.1) is 3.57 Å². The highest BCUT2D eigenvalue weighted by Crippen LogP contribution is 2.27. The molecule has 0 aliphatic heterocycles. The molecule has 0 bridgehead atoms. The summed E-state index contributed by atoms with van der Waals surface area (Å²) in [5.74, 6) is -1.35. The summed E-state index contributed by atoms with van der Waals surface area (Å²) in [7, 11) is 0. The third kappa shape index (κ3) is 2.54. The normalized spacial score (nSPS) is 10.7. The van der Waals surface area contributed by atoms with E-state index in [1.165, 1.54) is 22.6 Å². The van der Waals surface area contributed by atoms with E-state index in [9.17, 15) is 13.6 Å². The van der Waals surface area contributed by atoms with Crippen molar-refractivity contribution >= 4 is 40.2 Å². The Balaban J connectivity index is 3.42. The minimum atomic E-state index is -2.79. The number of carboxylic acids is 1. The van der Waals surface area contributed by atoms with Crippen LogP contribution in [0.1, 0.15) is 28.0 Å². The molecule has 3 nitrogen and oxygen atoms in total. The molecule has 0 radical (unpaired) electrons. The Bertz CT molecular complexity index is 400. The van der Waals surface area contributed by atoms with Crippen LogP contribution >= 0.6 is 34.2 Å². The Hall–Kier alpha value is -0.500. The average molecular weight is 347 g/mol. The molecule has 0 aromatic carbocycles. The first kappa shape index (κ1) is 12.6. The van der Waals surface area contributed by atoms with Crippen LogP contribution in [0.5, 0.6) is 0 Å². The Morgan fingerprint density at radius 2 is 2.27 bits per heavy atom. The van der Waals surface area contributed by atoms with E-state index in [2.05, 4.69) is 4.98 Å². The summed E-state index contributed by atoms with van der Waals surface area (Å²) in [6.45, 7) is 0. The zero-order valence-corrected chi connectivity index (χ0v) is 10.1. The number of pyridine rings is 1. The minimum absolute atomic E-state index is 0.0618. The number of halogens is 4. The minimum Gasteiger partial charge on any atom is -0.478 e. The maximum atomic E-state index is 12.4. The van der Waals surface area contributed by atoms with Crippen molar-refractivity contribution in [2.45, 2.75) is 12.3 Å². The van der Waals surface area contributed by atoms with E-state index in [-0.39, 0.29) is 20.6 Å². The number of nitrogens with zero attached hydrogens (tertiary/aromatic N) is 1. The summed E-state index contributed by atoms with van der Waals surface area (Å²) in [5.41, 5.74) is -0.490. The van der Waals surface area contributed by atoms with E-state index < -0.39 is 18.1 Å². The molecular formula is C8H5ClF2INO2. The van der Waals surface area contributed by atoms with Gasteiger partial charge in [-0.1, -0.05) is 0 Å². The van der Waals surface area contributed by atoms with Crippen LogP contribution in [-0.2, 0) is 5.88 Å². The summed E-state index contributed by atoms with van der Waals surface area (Å²) in [5, 5.41) is 8.85. The maximum absolute atomic E-state index is 12.4. The van der Waals surface area contributed by atoms with Gasteiger partial charge in [0.1, 0.15) is 5.69 Å². The van der Waals surface area contributed by atoms with Crippen molar-refractivity contribution < 1.29 is 18.7 Å². The molecule has 1 aromatic heterocycles. The van der Waals surface area contributed by atoms with Gasteiger partial charge in [-0.15, -0.1) is 11.6 Å². The highest BCUT2D eigenvalue weighted by molar-refractivity contribution is 14.1. The highest BCUT2D eigenvalue weighted by Gasteiger charge is 2.22. The molecule has 1 aromatic rings. The summed E-state index contributed by atoms with van der Waals surface area (Å²) >= 11 is 7.02. The molecule has 0 saturated heterocycles. The van der Waals surface area contributed by atoms with E-state index in [0.717, 1.165) is 6.20 Å². The Morgan fingerprint density at radius 3 is 2.67 bits per heavy atom. The summed E-state index contributed by atoms with van der Waals surface area (Å²) in [6.07, 6.45) is -1.72. The molecule has 1 heterocycles. The molecule has 15 heavy (non-hydrogen) atoms. The SMILES string of the molecule is O=C(O)c1c(CCl)cnc(C(F)F)c1I. The standard InChI is InChI=1S/C8H5ClF2INO2/c9-1-3-2-13-6(7(10)11)5(12)4(3)8(14)15/h2,7H,1H2,(H,14,15). The predicted molar refractivity (Wildman–Crippen MR) is 58.4 cm³/mol. The molecule has 7 heteroatoms. The molecule has 0 atom stereocenters. The fourth-order valence-electron chi connectivity index (χ4n) is 1.02. The first-order chi connectivity index (χ1) is 6.99. The lowest BCUT2D eigenvalue weighted by Gasteiger charge is -2.08. The van der Waals surface area contributed by atoms with Gasteiger partial charge in [-0.25, -0.2) is 13.6 Å². The molecule has 1 N–H and O–H groups in total. The van der Waals surface area contributed by atoms with Crippen molar-refractivity contribution in [1.82, 2.24) is 4.98 Å². The molecular weight excluding hydrogens is 342 g/mol. The molecule has 0 unspecified atom stereocenters. The fourth-order valence-corrected chi connectivity index (χ4v) is 2.18. The second kappa shape index (κ2) is 5.02. The van der Waals surface area contributed by atoms with Crippen molar-refractivity contribution in [3.8, 4) is 0 Å². The van der Waals surface area contributed by atoms with E-state index in [1.807, 2.05) is 0 Å². The monoisotopic (exact) mass is 347 g/mol. The van der Waals surface area contributed by atoms with E-state index in [1.54, 1.807) is 0 Å². The number of aromatic nitrogens is 1. The second-order valence-corrected chi connectivity index (χ2v) is 3.94. The molecule has 0 spiro atoms. The number of alkyl halides is 3. The molecule has 0 amide bonds. The topological polar surface area (TPSA) is 50.2 Å². The van der Waals surface area contributed by atoms with Gasteiger partial charge in [0, 0.05) is 17.6 Å². The number of rotatable bonds is 3. The van der Waals surface area contributed by atoms with Crippen molar-refractivity contribution in [3.63, 3.8) is 0 Å².